The van der Waals surface area contributed by atoms with Crippen LogP contribution in [-0.2, 0) is 32.6 Å². The highest BCUT2D eigenvalue weighted by molar-refractivity contribution is 7.92. The van der Waals surface area contributed by atoms with Crippen molar-refractivity contribution in [3.05, 3.63) is 95.6 Å². The molecule has 4 rings (SSSR count). The molecular formula is C32H39N3O5S. The maximum absolute atomic E-state index is 14.2. The third-order valence-electron chi connectivity index (χ3n) is 7.60. The maximum Gasteiger partial charge on any atom is 0.244 e. The Bertz CT molecular complexity index is 1440. The summed E-state index contributed by atoms with van der Waals surface area (Å²) in [5, 5.41) is 3.18. The van der Waals surface area contributed by atoms with Crippen molar-refractivity contribution >= 4 is 27.5 Å². The van der Waals surface area contributed by atoms with E-state index >= 15 is 0 Å². The van der Waals surface area contributed by atoms with Crippen molar-refractivity contribution in [3.63, 3.8) is 0 Å². The maximum atomic E-state index is 14.2. The highest BCUT2D eigenvalue weighted by Crippen LogP contribution is 2.25. The summed E-state index contributed by atoms with van der Waals surface area (Å²) >= 11 is 0. The van der Waals surface area contributed by atoms with Crippen LogP contribution < -0.4 is 14.4 Å². The van der Waals surface area contributed by atoms with Crippen molar-refractivity contribution in [2.24, 2.45) is 0 Å². The average molecular weight is 578 g/mol. The van der Waals surface area contributed by atoms with Crippen LogP contribution in [0.15, 0.2) is 78.9 Å². The summed E-state index contributed by atoms with van der Waals surface area (Å²) in [5.74, 6) is -0.225. The largest absolute Gasteiger partial charge is 0.497 e. The first-order valence-corrected chi connectivity index (χ1v) is 15.8. The number of benzene rings is 3. The van der Waals surface area contributed by atoms with Crippen LogP contribution in [0.2, 0.25) is 0 Å². The molecule has 0 unspecified atom stereocenters. The second kappa shape index (κ2) is 13.7. The van der Waals surface area contributed by atoms with Gasteiger partial charge in [0.2, 0.25) is 21.8 Å². The standard InChI is InChI=1S/C32H39N3O5S/c1-24-12-7-8-15-26(24)22-34(31(36)23-35(41(3,38)39)28-18-11-19-29(21-28)40-2)30(20-25-13-5-4-6-14-25)32(37)33-27-16-9-10-17-27/h4-8,11-15,18-19,21,27,30H,9-10,16-17,20,22-23H2,1-3H3,(H,33,37)/t30-/m1/s1. The lowest BCUT2D eigenvalue weighted by molar-refractivity contribution is -0.140. The number of ether oxygens (including phenoxy) is 1. The van der Waals surface area contributed by atoms with Gasteiger partial charge in [-0.3, -0.25) is 13.9 Å². The van der Waals surface area contributed by atoms with Crippen LogP contribution in [0.3, 0.4) is 0 Å². The molecule has 1 aliphatic carbocycles. The van der Waals surface area contributed by atoms with Gasteiger partial charge in [0.05, 0.1) is 19.1 Å². The molecule has 1 N–H and O–H groups in total. The van der Waals surface area contributed by atoms with Crippen LogP contribution in [-0.4, -0.2) is 57.1 Å². The van der Waals surface area contributed by atoms with E-state index in [1.807, 2.05) is 61.5 Å². The highest BCUT2D eigenvalue weighted by Gasteiger charge is 2.34. The van der Waals surface area contributed by atoms with E-state index in [4.69, 9.17) is 4.74 Å². The van der Waals surface area contributed by atoms with Crippen LogP contribution in [0.4, 0.5) is 5.69 Å². The number of amides is 2. The van der Waals surface area contributed by atoms with Gasteiger partial charge in [-0.15, -0.1) is 0 Å². The van der Waals surface area contributed by atoms with Crippen molar-refractivity contribution in [2.45, 2.75) is 57.7 Å². The number of nitrogens with one attached hydrogen (secondary N) is 1. The van der Waals surface area contributed by atoms with Gasteiger partial charge in [0.25, 0.3) is 0 Å². The number of sulfonamides is 1. The normalized spacial score (nSPS) is 14.3. The molecule has 0 bridgehead atoms. The molecule has 0 aliphatic heterocycles. The number of rotatable bonds is 12. The van der Waals surface area contributed by atoms with E-state index < -0.39 is 28.5 Å². The van der Waals surface area contributed by atoms with Gasteiger partial charge in [-0.1, -0.05) is 73.5 Å². The zero-order valence-electron chi connectivity index (χ0n) is 24.0. The average Bonchev–Trinajstić information content (AvgIpc) is 3.47. The van der Waals surface area contributed by atoms with Crippen molar-refractivity contribution in [3.8, 4) is 5.75 Å². The van der Waals surface area contributed by atoms with Crippen molar-refractivity contribution in [1.29, 1.82) is 0 Å². The topological polar surface area (TPSA) is 96.0 Å². The second-order valence-corrected chi connectivity index (χ2v) is 12.5. The zero-order valence-corrected chi connectivity index (χ0v) is 24.8. The number of aryl methyl sites for hydroxylation is 1. The monoisotopic (exact) mass is 577 g/mol. The minimum atomic E-state index is -3.85. The van der Waals surface area contributed by atoms with Crippen LogP contribution in [0.1, 0.15) is 42.4 Å². The van der Waals surface area contributed by atoms with Gasteiger partial charge < -0.3 is 15.0 Å². The first-order chi connectivity index (χ1) is 19.7. The molecular weight excluding hydrogens is 538 g/mol. The molecule has 8 nitrogen and oxygen atoms in total. The lowest BCUT2D eigenvalue weighted by Gasteiger charge is -2.34. The Hall–Kier alpha value is -3.85. The van der Waals surface area contributed by atoms with Gasteiger partial charge in [-0.25, -0.2) is 8.42 Å². The summed E-state index contributed by atoms with van der Waals surface area (Å²) in [6, 6.07) is 23.1. The third-order valence-corrected chi connectivity index (χ3v) is 8.74. The molecule has 1 saturated carbocycles. The fourth-order valence-electron chi connectivity index (χ4n) is 5.27. The molecule has 1 fully saturated rings. The Morgan fingerprint density at radius 3 is 2.32 bits per heavy atom. The van der Waals surface area contributed by atoms with Crippen LogP contribution >= 0.6 is 0 Å². The predicted molar refractivity (Wildman–Crippen MR) is 161 cm³/mol. The second-order valence-electron chi connectivity index (χ2n) is 10.6. The van der Waals surface area contributed by atoms with Crippen molar-refractivity contribution in [2.75, 3.05) is 24.2 Å². The van der Waals surface area contributed by atoms with E-state index in [-0.39, 0.29) is 18.5 Å². The minimum Gasteiger partial charge on any atom is -0.497 e. The van der Waals surface area contributed by atoms with Crippen molar-refractivity contribution in [1.82, 2.24) is 10.2 Å². The number of anilines is 1. The van der Waals surface area contributed by atoms with Gasteiger partial charge >= 0.3 is 0 Å². The molecule has 41 heavy (non-hydrogen) atoms. The summed E-state index contributed by atoms with van der Waals surface area (Å²) in [6.45, 7) is 1.67. The molecule has 0 spiro atoms. The Labute approximate surface area is 243 Å². The Morgan fingerprint density at radius 1 is 0.976 bits per heavy atom. The highest BCUT2D eigenvalue weighted by atomic mass is 32.2. The molecule has 0 radical (unpaired) electrons. The first kappa shape index (κ1) is 30.1. The SMILES string of the molecule is COc1cccc(N(CC(=O)N(Cc2ccccc2C)[C@H](Cc2ccccc2)C(=O)NC2CCCC2)S(C)(=O)=O)c1. The number of hydrogen-bond donors (Lipinski definition) is 1. The molecule has 1 aliphatic rings. The number of hydrogen-bond acceptors (Lipinski definition) is 5. The van der Waals surface area contributed by atoms with E-state index in [0.29, 0.717) is 17.9 Å². The van der Waals surface area contributed by atoms with Gasteiger partial charge in [-0.05, 0) is 48.6 Å². The van der Waals surface area contributed by atoms with Gasteiger partial charge in [0, 0.05) is 25.1 Å². The fraction of sp³-hybridized carbons (Fsp3) is 0.375. The van der Waals surface area contributed by atoms with Gasteiger partial charge in [0.1, 0.15) is 18.3 Å². The predicted octanol–water partition coefficient (Wildman–Crippen LogP) is 4.47. The summed E-state index contributed by atoms with van der Waals surface area (Å²) in [4.78, 5) is 29.7. The van der Waals surface area contributed by atoms with E-state index in [1.165, 1.54) is 12.0 Å². The van der Waals surface area contributed by atoms with Gasteiger partial charge in [0.15, 0.2) is 0 Å². The minimum absolute atomic E-state index is 0.0699. The number of nitrogens with zero attached hydrogens (tertiary/aromatic N) is 2. The lowest BCUT2D eigenvalue weighted by atomic mass is 10.0. The molecule has 0 saturated heterocycles. The van der Waals surface area contributed by atoms with E-state index in [1.54, 1.807) is 24.3 Å². The summed E-state index contributed by atoms with van der Waals surface area (Å²) < 4.78 is 32.3. The van der Waals surface area contributed by atoms with Crippen LogP contribution in [0.25, 0.3) is 0 Å². The number of carbonyl (C=O) groups excluding carboxylic acids is 2. The Balaban J connectivity index is 1.73. The van der Waals surface area contributed by atoms with E-state index in [0.717, 1.165) is 52.9 Å². The molecule has 3 aromatic rings. The molecule has 3 aromatic carbocycles. The number of methoxy groups -OCH3 is 1. The number of carbonyl (C=O) groups is 2. The Morgan fingerprint density at radius 2 is 1.66 bits per heavy atom. The summed E-state index contributed by atoms with van der Waals surface area (Å²) in [6.07, 6.45) is 5.31. The molecule has 1 atom stereocenters. The quantitative estimate of drug-likeness (QED) is 0.343. The molecule has 0 heterocycles. The van der Waals surface area contributed by atoms with Crippen molar-refractivity contribution < 1.29 is 22.7 Å². The summed E-state index contributed by atoms with van der Waals surface area (Å²) in [7, 11) is -2.35. The molecule has 0 aromatic heterocycles. The molecule has 2 amide bonds. The molecule has 9 heteroatoms. The van der Waals surface area contributed by atoms with Crippen LogP contribution in [0, 0.1) is 6.92 Å². The smallest absolute Gasteiger partial charge is 0.244 e. The van der Waals surface area contributed by atoms with E-state index in [2.05, 4.69) is 5.32 Å². The Kier molecular flexibility index (Phi) is 10.0. The van der Waals surface area contributed by atoms with Crippen LogP contribution in [0.5, 0.6) is 5.75 Å². The van der Waals surface area contributed by atoms with E-state index in [9.17, 15) is 18.0 Å². The summed E-state index contributed by atoms with van der Waals surface area (Å²) in [5.41, 5.74) is 3.09. The third kappa shape index (κ3) is 8.10. The zero-order chi connectivity index (χ0) is 29.4. The lowest BCUT2D eigenvalue weighted by Crippen LogP contribution is -2.54. The first-order valence-electron chi connectivity index (χ1n) is 14.0. The van der Waals surface area contributed by atoms with Gasteiger partial charge in [-0.2, -0.15) is 0 Å². The fourth-order valence-corrected chi connectivity index (χ4v) is 6.11. The molecule has 218 valence electrons.